The number of aliphatic hydroxyl groups excluding tert-OH is 1. The Labute approximate surface area is 99.7 Å². The SMILES string of the molecule is OC1CCC(NCc2ccc(F)c(F)c2)CC1. The fraction of sp³-hybridized carbons (Fsp3) is 0.538. The van der Waals surface area contributed by atoms with Crippen LogP contribution in [0.2, 0.25) is 0 Å². The standard InChI is InChI=1S/C13H17F2NO/c14-12-6-1-9(7-13(12)15)8-16-10-2-4-11(17)5-3-10/h1,6-7,10-11,16-17H,2-5,8H2. The summed E-state index contributed by atoms with van der Waals surface area (Å²) >= 11 is 0. The van der Waals surface area contributed by atoms with Crippen LogP contribution in [0.25, 0.3) is 0 Å². The zero-order valence-corrected chi connectivity index (χ0v) is 9.63. The summed E-state index contributed by atoms with van der Waals surface area (Å²) < 4.78 is 25.7. The van der Waals surface area contributed by atoms with Crippen LogP contribution in [0.1, 0.15) is 31.2 Å². The smallest absolute Gasteiger partial charge is 0.159 e. The van der Waals surface area contributed by atoms with Gasteiger partial charge >= 0.3 is 0 Å². The average Bonchev–Trinajstić information content (AvgIpc) is 2.33. The van der Waals surface area contributed by atoms with Crippen LogP contribution in [0.5, 0.6) is 0 Å². The second-order valence-electron chi connectivity index (χ2n) is 4.63. The molecule has 1 fully saturated rings. The largest absolute Gasteiger partial charge is 0.393 e. The van der Waals surface area contributed by atoms with Gasteiger partial charge in [0.15, 0.2) is 11.6 Å². The molecule has 0 heterocycles. The van der Waals surface area contributed by atoms with E-state index in [2.05, 4.69) is 5.32 Å². The molecule has 4 heteroatoms. The number of hydrogen-bond donors (Lipinski definition) is 2. The van der Waals surface area contributed by atoms with Crippen LogP contribution in [-0.2, 0) is 6.54 Å². The van der Waals surface area contributed by atoms with Crippen LogP contribution in [0.3, 0.4) is 0 Å². The van der Waals surface area contributed by atoms with Crippen molar-refractivity contribution in [2.75, 3.05) is 0 Å². The lowest BCUT2D eigenvalue weighted by Crippen LogP contribution is -2.34. The van der Waals surface area contributed by atoms with Crippen LogP contribution in [0.4, 0.5) is 8.78 Å². The molecule has 94 valence electrons. The molecule has 0 spiro atoms. The summed E-state index contributed by atoms with van der Waals surface area (Å²) in [5.41, 5.74) is 0.745. The van der Waals surface area contributed by atoms with E-state index in [1.54, 1.807) is 6.07 Å². The number of nitrogens with one attached hydrogen (secondary N) is 1. The van der Waals surface area contributed by atoms with Gasteiger partial charge in [0.05, 0.1) is 6.10 Å². The predicted molar refractivity (Wildman–Crippen MR) is 61.5 cm³/mol. The zero-order chi connectivity index (χ0) is 12.3. The normalized spacial score (nSPS) is 24.9. The highest BCUT2D eigenvalue weighted by molar-refractivity contribution is 5.17. The van der Waals surface area contributed by atoms with E-state index in [-0.39, 0.29) is 6.10 Å². The summed E-state index contributed by atoms with van der Waals surface area (Å²) in [6.45, 7) is 0.540. The quantitative estimate of drug-likeness (QED) is 0.851. The van der Waals surface area contributed by atoms with Gasteiger partial charge in [0.2, 0.25) is 0 Å². The molecule has 1 aromatic rings. The minimum atomic E-state index is -0.811. The maximum absolute atomic E-state index is 13.0. The average molecular weight is 241 g/mol. The van der Waals surface area contributed by atoms with Gasteiger partial charge in [0.25, 0.3) is 0 Å². The van der Waals surface area contributed by atoms with Gasteiger partial charge in [-0.05, 0) is 43.4 Å². The van der Waals surface area contributed by atoms with Crippen molar-refractivity contribution < 1.29 is 13.9 Å². The van der Waals surface area contributed by atoms with Crippen LogP contribution in [0, 0.1) is 11.6 Å². The first-order valence-electron chi connectivity index (χ1n) is 6.00. The van der Waals surface area contributed by atoms with Gasteiger partial charge in [0.1, 0.15) is 0 Å². The Kier molecular flexibility index (Phi) is 4.07. The van der Waals surface area contributed by atoms with E-state index in [1.165, 1.54) is 6.07 Å². The number of aliphatic hydroxyl groups is 1. The Balaban J connectivity index is 1.83. The highest BCUT2D eigenvalue weighted by Gasteiger charge is 2.18. The predicted octanol–water partition coefficient (Wildman–Crippen LogP) is 2.36. The summed E-state index contributed by atoms with van der Waals surface area (Å²) in [4.78, 5) is 0. The molecule has 0 saturated heterocycles. The maximum Gasteiger partial charge on any atom is 0.159 e. The maximum atomic E-state index is 13.0. The van der Waals surface area contributed by atoms with Gasteiger partial charge in [-0.2, -0.15) is 0 Å². The van der Waals surface area contributed by atoms with E-state index in [0.29, 0.717) is 12.6 Å². The third-order valence-corrected chi connectivity index (χ3v) is 3.28. The lowest BCUT2D eigenvalue weighted by Gasteiger charge is -2.26. The van der Waals surface area contributed by atoms with Crippen molar-refractivity contribution in [2.24, 2.45) is 0 Å². The fourth-order valence-electron chi connectivity index (χ4n) is 2.19. The molecule has 0 atom stereocenters. The van der Waals surface area contributed by atoms with E-state index in [4.69, 9.17) is 0 Å². The van der Waals surface area contributed by atoms with Crippen molar-refractivity contribution in [3.8, 4) is 0 Å². The molecular formula is C13H17F2NO. The molecule has 2 rings (SSSR count). The Morgan fingerprint density at radius 1 is 1.12 bits per heavy atom. The van der Waals surface area contributed by atoms with E-state index in [9.17, 15) is 13.9 Å². The Hall–Kier alpha value is -1.00. The molecule has 1 saturated carbocycles. The molecule has 17 heavy (non-hydrogen) atoms. The molecule has 0 radical (unpaired) electrons. The third-order valence-electron chi connectivity index (χ3n) is 3.28. The van der Waals surface area contributed by atoms with Gasteiger partial charge in [-0.1, -0.05) is 6.07 Å². The zero-order valence-electron chi connectivity index (χ0n) is 9.63. The monoisotopic (exact) mass is 241 g/mol. The van der Waals surface area contributed by atoms with Crippen LogP contribution < -0.4 is 5.32 Å². The Morgan fingerprint density at radius 2 is 1.82 bits per heavy atom. The minimum Gasteiger partial charge on any atom is -0.393 e. The van der Waals surface area contributed by atoms with Gasteiger partial charge < -0.3 is 10.4 Å². The van der Waals surface area contributed by atoms with E-state index >= 15 is 0 Å². The first kappa shape index (κ1) is 12.5. The van der Waals surface area contributed by atoms with Crippen molar-refractivity contribution >= 4 is 0 Å². The molecule has 1 aromatic carbocycles. The van der Waals surface area contributed by atoms with Crippen LogP contribution in [0.15, 0.2) is 18.2 Å². The fourth-order valence-corrected chi connectivity index (χ4v) is 2.19. The molecule has 0 bridgehead atoms. The van der Waals surface area contributed by atoms with Crippen LogP contribution in [-0.4, -0.2) is 17.3 Å². The molecule has 0 aliphatic heterocycles. The van der Waals surface area contributed by atoms with Crippen molar-refractivity contribution in [3.05, 3.63) is 35.4 Å². The topological polar surface area (TPSA) is 32.3 Å². The highest BCUT2D eigenvalue weighted by Crippen LogP contribution is 2.18. The highest BCUT2D eigenvalue weighted by atomic mass is 19.2. The lowest BCUT2D eigenvalue weighted by molar-refractivity contribution is 0.116. The minimum absolute atomic E-state index is 0.170. The number of rotatable bonds is 3. The summed E-state index contributed by atoms with van der Waals surface area (Å²) in [6, 6.07) is 4.33. The number of hydrogen-bond acceptors (Lipinski definition) is 2. The molecular weight excluding hydrogens is 224 g/mol. The van der Waals surface area contributed by atoms with Gasteiger partial charge in [0, 0.05) is 12.6 Å². The lowest BCUT2D eigenvalue weighted by atomic mass is 9.93. The first-order chi connectivity index (χ1) is 8.15. The summed E-state index contributed by atoms with van der Waals surface area (Å²) in [6.07, 6.45) is 3.33. The number of benzene rings is 1. The molecule has 1 aliphatic carbocycles. The summed E-state index contributed by atoms with van der Waals surface area (Å²) in [5, 5.41) is 12.7. The summed E-state index contributed by atoms with van der Waals surface area (Å²) in [5.74, 6) is -1.61. The molecule has 0 amide bonds. The van der Waals surface area contributed by atoms with Crippen molar-refractivity contribution in [1.29, 1.82) is 0 Å². The molecule has 2 nitrogen and oxygen atoms in total. The van der Waals surface area contributed by atoms with E-state index in [1.807, 2.05) is 0 Å². The van der Waals surface area contributed by atoms with Crippen LogP contribution >= 0.6 is 0 Å². The van der Waals surface area contributed by atoms with E-state index in [0.717, 1.165) is 37.3 Å². The molecule has 2 N–H and O–H groups in total. The Bertz CT molecular complexity index is 376. The molecule has 1 aliphatic rings. The molecule has 0 unspecified atom stereocenters. The molecule has 0 aromatic heterocycles. The first-order valence-corrected chi connectivity index (χ1v) is 6.00. The Morgan fingerprint density at radius 3 is 2.47 bits per heavy atom. The van der Waals surface area contributed by atoms with Gasteiger partial charge in [-0.3, -0.25) is 0 Å². The van der Waals surface area contributed by atoms with Crippen molar-refractivity contribution in [2.45, 2.75) is 44.4 Å². The second kappa shape index (κ2) is 5.56. The number of halogens is 2. The van der Waals surface area contributed by atoms with Gasteiger partial charge in [-0.15, -0.1) is 0 Å². The van der Waals surface area contributed by atoms with Crippen molar-refractivity contribution in [3.63, 3.8) is 0 Å². The van der Waals surface area contributed by atoms with E-state index < -0.39 is 11.6 Å². The second-order valence-corrected chi connectivity index (χ2v) is 4.63. The van der Waals surface area contributed by atoms with Crippen molar-refractivity contribution in [1.82, 2.24) is 5.32 Å². The third kappa shape index (κ3) is 3.48. The summed E-state index contributed by atoms with van der Waals surface area (Å²) in [7, 11) is 0. The van der Waals surface area contributed by atoms with Gasteiger partial charge in [-0.25, -0.2) is 8.78 Å².